The second-order valence-corrected chi connectivity index (χ2v) is 5.66. The van der Waals surface area contributed by atoms with Crippen LogP contribution in [0.4, 0.5) is 11.4 Å². The highest BCUT2D eigenvalue weighted by Gasteiger charge is 2.29. The summed E-state index contributed by atoms with van der Waals surface area (Å²) >= 11 is 0. The van der Waals surface area contributed by atoms with Gasteiger partial charge in [0.2, 0.25) is 0 Å². The fourth-order valence-corrected chi connectivity index (χ4v) is 2.59. The van der Waals surface area contributed by atoms with Gasteiger partial charge in [0.15, 0.2) is 6.10 Å². The molecule has 0 spiro atoms. The van der Waals surface area contributed by atoms with Gasteiger partial charge in [-0.2, -0.15) is 0 Å². The molecule has 2 aromatic rings. The molecule has 2 aromatic carbocycles. The number of rotatable bonds is 2. The summed E-state index contributed by atoms with van der Waals surface area (Å²) in [7, 11) is 1.70. The summed E-state index contributed by atoms with van der Waals surface area (Å²) in [6.07, 6.45) is -0.553. The number of aryl methyl sites for hydroxylation is 1. The molecule has 0 aromatic heterocycles. The van der Waals surface area contributed by atoms with Crippen molar-refractivity contribution in [1.29, 1.82) is 0 Å². The second kappa shape index (κ2) is 5.76. The first-order chi connectivity index (χ1) is 11.0. The molecule has 1 aliphatic heterocycles. The van der Waals surface area contributed by atoms with Crippen molar-refractivity contribution in [2.45, 2.75) is 20.0 Å². The van der Waals surface area contributed by atoms with Gasteiger partial charge < -0.3 is 15.0 Å². The van der Waals surface area contributed by atoms with Crippen molar-refractivity contribution in [2.24, 2.45) is 0 Å². The minimum Gasteiger partial charge on any atom is -0.479 e. The smallest absolute Gasteiger partial charge is 0.267 e. The second-order valence-electron chi connectivity index (χ2n) is 5.66. The Balaban J connectivity index is 1.86. The van der Waals surface area contributed by atoms with Gasteiger partial charge in [0.1, 0.15) is 5.75 Å². The number of hydrogen-bond donors (Lipinski definition) is 1. The van der Waals surface area contributed by atoms with E-state index in [1.165, 1.54) is 0 Å². The highest BCUT2D eigenvalue weighted by molar-refractivity contribution is 6.06. The average Bonchev–Trinajstić information content (AvgIpc) is 2.52. The van der Waals surface area contributed by atoms with E-state index in [2.05, 4.69) is 5.32 Å². The van der Waals surface area contributed by atoms with Crippen LogP contribution >= 0.6 is 0 Å². The lowest BCUT2D eigenvalue weighted by Crippen LogP contribution is -2.42. The van der Waals surface area contributed by atoms with E-state index in [1.807, 2.05) is 31.2 Å². The number of nitrogens with zero attached hydrogens (tertiary/aromatic N) is 1. The predicted octanol–water partition coefficient (Wildman–Crippen LogP) is 2.99. The number of ether oxygens (including phenoxy) is 1. The Morgan fingerprint density at radius 1 is 1.22 bits per heavy atom. The van der Waals surface area contributed by atoms with Crippen LogP contribution in [0.15, 0.2) is 42.5 Å². The molecule has 1 atom stereocenters. The molecule has 1 aliphatic rings. The zero-order valence-electron chi connectivity index (χ0n) is 13.3. The molecule has 3 rings (SSSR count). The number of amides is 2. The Morgan fingerprint density at radius 2 is 2.00 bits per heavy atom. The SMILES string of the molecule is Cc1cccc(NC(=O)c2ccc3c(c2)OC(C)C(=O)N3C)c1. The maximum Gasteiger partial charge on any atom is 0.267 e. The lowest BCUT2D eigenvalue weighted by Gasteiger charge is -2.30. The molecule has 0 fully saturated rings. The van der Waals surface area contributed by atoms with Crippen LogP contribution in [0.25, 0.3) is 0 Å². The molecule has 0 radical (unpaired) electrons. The lowest BCUT2D eigenvalue weighted by atomic mass is 10.1. The summed E-state index contributed by atoms with van der Waals surface area (Å²) in [5, 5.41) is 2.86. The van der Waals surface area contributed by atoms with Gasteiger partial charge in [-0.05, 0) is 49.7 Å². The number of carbonyl (C=O) groups is 2. The molecule has 1 unspecified atom stereocenters. The highest BCUT2D eigenvalue weighted by atomic mass is 16.5. The van der Waals surface area contributed by atoms with Gasteiger partial charge in [-0.15, -0.1) is 0 Å². The zero-order chi connectivity index (χ0) is 16.6. The van der Waals surface area contributed by atoms with Crippen LogP contribution in [0.1, 0.15) is 22.8 Å². The van der Waals surface area contributed by atoms with E-state index in [4.69, 9.17) is 4.74 Å². The minimum absolute atomic E-state index is 0.102. The summed E-state index contributed by atoms with van der Waals surface area (Å²) in [6, 6.07) is 12.7. The van der Waals surface area contributed by atoms with E-state index in [0.717, 1.165) is 11.3 Å². The van der Waals surface area contributed by atoms with Crippen LogP contribution in [0.5, 0.6) is 5.75 Å². The molecular weight excluding hydrogens is 292 g/mol. The third kappa shape index (κ3) is 2.90. The van der Waals surface area contributed by atoms with E-state index in [0.29, 0.717) is 17.0 Å². The Morgan fingerprint density at radius 3 is 2.74 bits per heavy atom. The average molecular weight is 310 g/mol. The van der Waals surface area contributed by atoms with Crippen molar-refractivity contribution in [2.75, 3.05) is 17.3 Å². The fraction of sp³-hybridized carbons (Fsp3) is 0.222. The van der Waals surface area contributed by atoms with Crippen molar-refractivity contribution in [3.8, 4) is 5.75 Å². The molecule has 1 N–H and O–H groups in total. The molecule has 1 heterocycles. The van der Waals surface area contributed by atoms with Crippen molar-refractivity contribution >= 4 is 23.2 Å². The van der Waals surface area contributed by atoms with Gasteiger partial charge >= 0.3 is 0 Å². The number of carbonyl (C=O) groups excluding carboxylic acids is 2. The summed E-state index contributed by atoms with van der Waals surface area (Å²) in [5.74, 6) is 0.222. The van der Waals surface area contributed by atoms with Crippen molar-refractivity contribution in [1.82, 2.24) is 0 Å². The standard InChI is InChI=1S/C18H18N2O3/c1-11-5-4-6-14(9-11)19-17(21)13-7-8-15-16(10-13)23-12(2)18(22)20(15)3/h4-10,12H,1-3H3,(H,19,21). The first kappa shape index (κ1) is 15.1. The largest absolute Gasteiger partial charge is 0.479 e. The number of anilines is 2. The third-order valence-electron chi connectivity index (χ3n) is 3.84. The maximum atomic E-state index is 12.4. The molecule has 5 heteroatoms. The van der Waals surface area contributed by atoms with Gasteiger partial charge in [0.05, 0.1) is 5.69 Å². The van der Waals surface area contributed by atoms with Gasteiger partial charge in [0.25, 0.3) is 11.8 Å². The van der Waals surface area contributed by atoms with E-state index in [1.54, 1.807) is 37.1 Å². The highest BCUT2D eigenvalue weighted by Crippen LogP contribution is 2.34. The van der Waals surface area contributed by atoms with Gasteiger partial charge in [-0.3, -0.25) is 9.59 Å². The topological polar surface area (TPSA) is 58.6 Å². The summed E-state index contributed by atoms with van der Waals surface area (Å²) in [6.45, 7) is 3.66. The zero-order valence-corrected chi connectivity index (χ0v) is 13.3. The Kier molecular flexibility index (Phi) is 3.78. The number of nitrogens with one attached hydrogen (secondary N) is 1. The van der Waals surface area contributed by atoms with E-state index in [-0.39, 0.29) is 11.8 Å². The lowest BCUT2D eigenvalue weighted by molar-refractivity contribution is -0.125. The number of fused-ring (bicyclic) bond motifs is 1. The summed E-state index contributed by atoms with van der Waals surface area (Å²) in [4.78, 5) is 25.8. The van der Waals surface area contributed by atoms with E-state index < -0.39 is 6.10 Å². The molecule has 0 saturated carbocycles. The van der Waals surface area contributed by atoms with E-state index >= 15 is 0 Å². The van der Waals surface area contributed by atoms with Crippen LogP contribution < -0.4 is 15.0 Å². The monoisotopic (exact) mass is 310 g/mol. The molecule has 2 amide bonds. The summed E-state index contributed by atoms with van der Waals surface area (Å²) < 4.78 is 5.60. The first-order valence-corrected chi connectivity index (χ1v) is 7.42. The number of hydrogen-bond acceptors (Lipinski definition) is 3. The fourth-order valence-electron chi connectivity index (χ4n) is 2.59. The first-order valence-electron chi connectivity index (χ1n) is 7.42. The molecule has 5 nitrogen and oxygen atoms in total. The van der Waals surface area contributed by atoms with Gasteiger partial charge in [-0.25, -0.2) is 0 Å². The third-order valence-corrected chi connectivity index (χ3v) is 3.84. The van der Waals surface area contributed by atoms with Crippen LogP contribution in [0.3, 0.4) is 0 Å². The Labute approximate surface area is 134 Å². The van der Waals surface area contributed by atoms with Crippen LogP contribution in [0.2, 0.25) is 0 Å². The molecular formula is C18H18N2O3. The van der Waals surface area contributed by atoms with Gasteiger partial charge in [0, 0.05) is 18.3 Å². The molecule has 0 saturated heterocycles. The van der Waals surface area contributed by atoms with Crippen molar-refractivity contribution in [3.05, 3.63) is 53.6 Å². The summed E-state index contributed by atoms with van der Waals surface area (Å²) in [5.41, 5.74) is 2.97. The predicted molar refractivity (Wildman–Crippen MR) is 89.1 cm³/mol. The number of benzene rings is 2. The van der Waals surface area contributed by atoms with Crippen LogP contribution in [-0.2, 0) is 4.79 Å². The normalized spacial score (nSPS) is 16.6. The molecule has 118 valence electrons. The van der Waals surface area contributed by atoms with E-state index in [9.17, 15) is 9.59 Å². The Hall–Kier alpha value is -2.82. The molecule has 23 heavy (non-hydrogen) atoms. The van der Waals surface area contributed by atoms with Crippen molar-refractivity contribution < 1.29 is 14.3 Å². The number of likely N-dealkylation sites (N-methyl/N-ethyl adjacent to an activating group) is 1. The quantitative estimate of drug-likeness (QED) is 0.927. The molecule has 0 bridgehead atoms. The van der Waals surface area contributed by atoms with Gasteiger partial charge in [-0.1, -0.05) is 12.1 Å². The minimum atomic E-state index is -0.553. The maximum absolute atomic E-state index is 12.4. The van der Waals surface area contributed by atoms with Crippen LogP contribution in [0, 0.1) is 6.92 Å². The van der Waals surface area contributed by atoms with Crippen molar-refractivity contribution in [3.63, 3.8) is 0 Å². The molecule has 0 aliphatic carbocycles. The Bertz CT molecular complexity index is 786. The van der Waals surface area contributed by atoms with Crippen LogP contribution in [-0.4, -0.2) is 25.0 Å².